The molecule has 0 spiro atoms. The molecule has 174 valence electrons. The summed E-state index contributed by atoms with van der Waals surface area (Å²) in [6, 6.07) is 0. The molecule has 31 heavy (non-hydrogen) atoms. The summed E-state index contributed by atoms with van der Waals surface area (Å²) in [4.78, 5) is 29.2. The third kappa shape index (κ3) is 4.05. The van der Waals surface area contributed by atoms with E-state index in [9.17, 15) is 9.59 Å². The van der Waals surface area contributed by atoms with Crippen molar-refractivity contribution in [1.29, 1.82) is 0 Å². The number of hydrogen-bond acceptors (Lipinski definition) is 5. The van der Waals surface area contributed by atoms with Crippen LogP contribution in [0.4, 0.5) is 4.79 Å². The van der Waals surface area contributed by atoms with Crippen LogP contribution in [-0.2, 0) is 9.63 Å². The maximum atomic E-state index is 12.1. The standard InChI is InChI=1S/C25H41N3O3/c1-16(28-31-23(30)27-14-13-26-4)20-7-8-21-19-6-5-17-15-18(29)9-11-24(17,2)22(19)10-12-25(20,21)3/h17,19-22,26H,5-15H2,1-4H3,(H,27,30)/b28-16+/t17-,19-,20+,21-,22-,24-,25+/m0/s1. The zero-order valence-corrected chi connectivity index (χ0v) is 19.8. The molecule has 4 aliphatic carbocycles. The molecule has 0 unspecified atom stereocenters. The lowest BCUT2D eigenvalue weighted by atomic mass is 9.44. The number of ketones is 1. The van der Waals surface area contributed by atoms with E-state index in [1.54, 1.807) is 0 Å². The molecular formula is C25H41N3O3. The fourth-order valence-electron chi connectivity index (χ4n) is 8.23. The van der Waals surface area contributed by atoms with Gasteiger partial charge in [0.1, 0.15) is 5.78 Å². The van der Waals surface area contributed by atoms with Crippen molar-refractivity contribution < 1.29 is 14.4 Å². The van der Waals surface area contributed by atoms with Crippen molar-refractivity contribution in [3.8, 4) is 0 Å². The Balaban J connectivity index is 1.44. The summed E-state index contributed by atoms with van der Waals surface area (Å²) in [5, 5.41) is 9.96. The third-order valence-corrected chi connectivity index (χ3v) is 9.90. The first-order valence-corrected chi connectivity index (χ1v) is 12.4. The predicted octanol–water partition coefficient (Wildman–Crippen LogP) is 4.54. The van der Waals surface area contributed by atoms with Crippen molar-refractivity contribution in [3.63, 3.8) is 0 Å². The summed E-state index contributed by atoms with van der Waals surface area (Å²) in [7, 11) is 1.85. The number of nitrogens with zero attached hydrogens (tertiary/aromatic N) is 1. The molecule has 6 nitrogen and oxygen atoms in total. The second-order valence-corrected chi connectivity index (χ2v) is 11.2. The van der Waals surface area contributed by atoms with E-state index >= 15 is 0 Å². The molecule has 0 aromatic carbocycles. The van der Waals surface area contributed by atoms with Crippen LogP contribution >= 0.6 is 0 Å². The number of amides is 1. The van der Waals surface area contributed by atoms with Gasteiger partial charge in [0, 0.05) is 31.8 Å². The molecular weight excluding hydrogens is 390 g/mol. The normalized spacial score (nSPS) is 42.4. The monoisotopic (exact) mass is 431 g/mol. The van der Waals surface area contributed by atoms with Gasteiger partial charge in [0.05, 0.1) is 5.71 Å². The third-order valence-electron chi connectivity index (χ3n) is 9.90. The van der Waals surface area contributed by atoms with E-state index in [1.165, 1.54) is 32.1 Å². The Hall–Kier alpha value is -1.43. The zero-order valence-electron chi connectivity index (χ0n) is 19.8. The average Bonchev–Trinajstić information content (AvgIpc) is 3.10. The van der Waals surface area contributed by atoms with Crippen LogP contribution in [0.5, 0.6) is 0 Å². The number of fused-ring (bicyclic) bond motifs is 5. The lowest BCUT2D eigenvalue weighted by molar-refractivity contribution is -0.138. The second-order valence-electron chi connectivity index (χ2n) is 11.2. The topological polar surface area (TPSA) is 79.8 Å². The molecule has 4 fully saturated rings. The van der Waals surface area contributed by atoms with E-state index in [0.29, 0.717) is 36.1 Å². The molecule has 0 heterocycles. The molecule has 0 radical (unpaired) electrons. The van der Waals surface area contributed by atoms with Gasteiger partial charge in [0.15, 0.2) is 0 Å². The van der Waals surface area contributed by atoms with Crippen LogP contribution in [0.1, 0.15) is 78.6 Å². The average molecular weight is 432 g/mol. The Morgan fingerprint density at radius 2 is 1.84 bits per heavy atom. The highest BCUT2D eigenvalue weighted by molar-refractivity contribution is 5.85. The molecule has 7 atom stereocenters. The Bertz CT molecular complexity index is 738. The number of carbonyl (C=O) groups is 2. The number of nitrogens with one attached hydrogen (secondary N) is 2. The number of hydrogen-bond donors (Lipinski definition) is 2. The fourth-order valence-corrected chi connectivity index (χ4v) is 8.23. The van der Waals surface area contributed by atoms with Gasteiger partial charge >= 0.3 is 6.09 Å². The SMILES string of the molecule is CNCCNC(=O)O/N=C(\C)[C@H]1CC[C@H]2[C@@H]3CC[C@H]4CC(=O)CC[C@]4(C)[C@H]3CC[C@]12C. The molecule has 0 bridgehead atoms. The van der Waals surface area contributed by atoms with E-state index in [2.05, 4.69) is 29.6 Å². The summed E-state index contributed by atoms with van der Waals surface area (Å²) in [5.74, 6) is 3.75. The smallest absolute Gasteiger partial charge is 0.318 e. The minimum absolute atomic E-state index is 0.244. The molecule has 0 aliphatic heterocycles. The first-order chi connectivity index (χ1) is 14.8. The van der Waals surface area contributed by atoms with E-state index in [4.69, 9.17) is 4.84 Å². The Morgan fingerprint density at radius 3 is 2.61 bits per heavy atom. The summed E-state index contributed by atoms with van der Waals surface area (Å²) in [5.41, 5.74) is 1.57. The van der Waals surface area contributed by atoms with Crippen molar-refractivity contribution in [3.05, 3.63) is 0 Å². The number of likely N-dealkylation sites (N-methyl/N-ethyl adjacent to an activating group) is 1. The molecule has 0 saturated heterocycles. The Kier molecular flexibility index (Phi) is 6.49. The van der Waals surface area contributed by atoms with E-state index < -0.39 is 6.09 Å². The number of carbonyl (C=O) groups excluding carboxylic acids is 2. The van der Waals surface area contributed by atoms with Crippen molar-refractivity contribution in [1.82, 2.24) is 10.6 Å². The summed E-state index contributed by atoms with van der Waals surface area (Å²) >= 11 is 0. The summed E-state index contributed by atoms with van der Waals surface area (Å²) in [6.07, 6.45) is 9.64. The van der Waals surface area contributed by atoms with Gasteiger partial charge in [0.2, 0.25) is 0 Å². The van der Waals surface area contributed by atoms with E-state index in [-0.39, 0.29) is 5.41 Å². The predicted molar refractivity (Wildman–Crippen MR) is 122 cm³/mol. The molecule has 4 rings (SSSR count). The Labute approximate surface area is 187 Å². The maximum absolute atomic E-state index is 12.1. The first-order valence-electron chi connectivity index (χ1n) is 12.4. The molecule has 0 aromatic heterocycles. The van der Waals surface area contributed by atoms with Gasteiger partial charge < -0.3 is 10.6 Å². The van der Waals surface area contributed by atoms with Crippen LogP contribution in [0.25, 0.3) is 0 Å². The van der Waals surface area contributed by atoms with E-state index in [0.717, 1.165) is 49.1 Å². The van der Waals surface area contributed by atoms with Crippen molar-refractivity contribution in [2.75, 3.05) is 20.1 Å². The van der Waals surface area contributed by atoms with Crippen LogP contribution in [-0.4, -0.2) is 37.7 Å². The number of rotatable bonds is 5. The van der Waals surface area contributed by atoms with Gasteiger partial charge in [-0.25, -0.2) is 4.79 Å². The molecule has 0 aromatic rings. The lowest BCUT2D eigenvalue weighted by Crippen LogP contribution is -2.53. The maximum Gasteiger partial charge on any atom is 0.433 e. The molecule has 6 heteroatoms. The molecule has 1 amide bonds. The Morgan fingerprint density at radius 1 is 1.06 bits per heavy atom. The minimum Gasteiger partial charge on any atom is -0.318 e. The first kappa shape index (κ1) is 22.8. The molecule has 2 N–H and O–H groups in total. The highest BCUT2D eigenvalue weighted by atomic mass is 16.7. The second kappa shape index (κ2) is 8.84. The van der Waals surface area contributed by atoms with Gasteiger partial charge in [-0.1, -0.05) is 19.0 Å². The van der Waals surface area contributed by atoms with Gasteiger partial charge in [-0.2, -0.15) is 0 Å². The van der Waals surface area contributed by atoms with Gasteiger partial charge in [0.25, 0.3) is 0 Å². The van der Waals surface area contributed by atoms with Crippen LogP contribution in [0.15, 0.2) is 5.16 Å². The zero-order chi connectivity index (χ0) is 22.2. The lowest BCUT2D eigenvalue weighted by Gasteiger charge is -2.60. The highest BCUT2D eigenvalue weighted by Crippen LogP contribution is 2.67. The van der Waals surface area contributed by atoms with Crippen LogP contribution in [0.2, 0.25) is 0 Å². The minimum atomic E-state index is -0.476. The van der Waals surface area contributed by atoms with Gasteiger partial charge in [-0.15, -0.1) is 0 Å². The number of Topliss-reactive ketones (excluding diaryl/α,β-unsaturated/α-hetero) is 1. The van der Waals surface area contributed by atoms with Crippen molar-refractivity contribution >= 4 is 17.6 Å². The molecule has 4 saturated carbocycles. The van der Waals surface area contributed by atoms with Crippen molar-refractivity contribution in [2.24, 2.45) is 45.6 Å². The van der Waals surface area contributed by atoms with Gasteiger partial charge in [-0.3, -0.25) is 9.63 Å². The van der Waals surface area contributed by atoms with Crippen LogP contribution in [0.3, 0.4) is 0 Å². The number of oxime groups is 1. The fraction of sp³-hybridized carbons (Fsp3) is 0.880. The van der Waals surface area contributed by atoms with Crippen LogP contribution < -0.4 is 10.6 Å². The van der Waals surface area contributed by atoms with Crippen LogP contribution in [0, 0.1) is 40.4 Å². The van der Waals surface area contributed by atoms with E-state index in [1.807, 2.05) is 14.0 Å². The summed E-state index contributed by atoms with van der Waals surface area (Å²) < 4.78 is 0. The largest absolute Gasteiger partial charge is 0.433 e. The van der Waals surface area contributed by atoms with Crippen molar-refractivity contribution in [2.45, 2.75) is 78.6 Å². The van der Waals surface area contributed by atoms with Gasteiger partial charge in [-0.05, 0) is 93.4 Å². The summed E-state index contributed by atoms with van der Waals surface area (Å²) in [6.45, 7) is 8.24. The molecule has 4 aliphatic rings. The quantitative estimate of drug-likeness (QED) is 0.290. The highest BCUT2D eigenvalue weighted by Gasteiger charge is 2.60.